The number of hydrogen-bond acceptors (Lipinski definition) is 12. The second-order valence-corrected chi connectivity index (χ2v) is 20.3. The maximum absolute atomic E-state index is 14.7. The van der Waals surface area contributed by atoms with Gasteiger partial charge in [-0.1, -0.05) is 38.5 Å². The quantitative estimate of drug-likeness (QED) is 0.220. The lowest BCUT2D eigenvalue weighted by molar-refractivity contribution is -0.138. The Morgan fingerprint density at radius 3 is 2.14 bits per heavy atom. The Balaban J connectivity index is 1.51. The standard InChI is InChI=1S/C48H70N6O10S/c1-27-43(61)52-32-16-17-33(57)13-7-6-10-18-49-19-11-12-30(24-48(4,5)26-55)45(63)50-28(2)44(62)54-41(29(3)56)40(59)20-31(42(60)36-22-34(58)23-37(36)46(64)51-27)25-65-47-38(21-32)35-14-8-9-15-39(35)53-47/h8-9,14-15,27-32,36-37,41,49,53,55-56H,6-7,10-13,16-26H2,1-5H3,(H,50,63)(H,51,64)(H,52,61)(H,54,62). The molecule has 1 aromatic heterocycles. The molecule has 2 aromatic rings. The molecule has 5 rings (SSSR count). The topological polar surface area (TPSA) is 253 Å². The number of rotatable bonds is 4. The monoisotopic (exact) mass is 922 g/mol. The number of nitrogens with one attached hydrogen (secondary N) is 6. The largest absolute Gasteiger partial charge is 0.396 e. The molecular formula is C48H70N6O10S. The van der Waals surface area contributed by atoms with E-state index in [-0.39, 0.29) is 49.1 Å². The van der Waals surface area contributed by atoms with E-state index in [1.165, 1.54) is 32.5 Å². The summed E-state index contributed by atoms with van der Waals surface area (Å²) in [5.74, 6) is -7.30. The highest BCUT2D eigenvalue weighted by Gasteiger charge is 2.46. The van der Waals surface area contributed by atoms with Crippen LogP contribution in [0.4, 0.5) is 0 Å². The number of benzene rings is 1. The van der Waals surface area contributed by atoms with Crippen molar-refractivity contribution in [3.8, 4) is 0 Å². The van der Waals surface area contributed by atoms with Crippen molar-refractivity contribution in [3.63, 3.8) is 0 Å². The van der Waals surface area contributed by atoms with Gasteiger partial charge < -0.3 is 41.8 Å². The van der Waals surface area contributed by atoms with Crippen LogP contribution in [0.25, 0.3) is 10.9 Å². The number of ketones is 4. The fourth-order valence-corrected chi connectivity index (χ4v) is 10.4. The number of carbonyl (C=O) groups is 8. The van der Waals surface area contributed by atoms with E-state index in [2.05, 4.69) is 31.6 Å². The summed E-state index contributed by atoms with van der Waals surface area (Å²) in [4.78, 5) is 114. The van der Waals surface area contributed by atoms with Crippen molar-refractivity contribution in [3.05, 3.63) is 29.8 Å². The fourth-order valence-electron chi connectivity index (χ4n) is 9.23. The molecule has 2 bridgehead atoms. The zero-order valence-electron chi connectivity index (χ0n) is 38.6. The Bertz CT molecular complexity index is 2050. The van der Waals surface area contributed by atoms with E-state index < -0.39 is 95.1 Å². The lowest BCUT2D eigenvalue weighted by Gasteiger charge is -2.29. The van der Waals surface area contributed by atoms with Gasteiger partial charge in [-0.3, -0.25) is 38.4 Å². The number of aliphatic hydroxyl groups excluding tert-OH is 2. The number of H-pyrrole nitrogens is 1. The maximum atomic E-state index is 14.7. The minimum atomic E-state index is -1.47. The Kier molecular flexibility index (Phi) is 18.9. The summed E-state index contributed by atoms with van der Waals surface area (Å²) in [5.41, 5.74) is 1.08. The molecule has 8 N–H and O–H groups in total. The van der Waals surface area contributed by atoms with Crippen molar-refractivity contribution in [2.45, 2.75) is 153 Å². The summed E-state index contributed by atoms with van der Waals surface area (Å²) in [6.45, 7) is 9.31. The molecule has 1 aromatic carbocycles. The van der Waals surface area contributed by atoms with Gasteiger partial charge in [-0.25, -0.2) is 0 Å². The van der Waals surface area contributed by atoms with Gasteiger partial charge in [-0.05, 0) is 95.9 Å². The SMILES string of the molecule is CC1NC(=O)C(CC(C)(C)CO)CCCNCCCCCC(=O)CCC2Cc3c([nH]c4ccccc34)SCC(CC(=O)C(C(C)O)NC1=O)C(=O)C1CC(=O)CC1C(=O)NC(C)C(=O)N2. The highest BCUT2D eigenvalue weighted by atomic mass is 32.2. The normalized spacial score (nSPS) is 29.2. The van der Waals surface area contributed by atoms with Gasteiger partial charge in [0.15, 0.2) is 5.78 Å². The number of amides is 4. The van der Waals surface area contributed by atoms with Crippen LogP contribution < -0.4 is 26.6 Å². The molecule has 1 saturated carbocycles. The number of carbonyl (C=O) groups excluding carboxylic acids is 8. The van der Waals surface area contributed by atoms with E-state index >= 15 is 0 Å². The van der Waals surface area contributed by atoms with E-state index in [0.29, 0.717) is 56.5 Å². The summed E-state index contributed by atoms with van der Waals surface area (Å²) >= 11 is 1.29. The van der Waals surface area contributed by atoms with Crippen LogP contribution in [0.5, 0.6) is 0 Å². The molecule has 1 aliphatic carbocycles. The number of aromatic amines is 1. The first-order valence-corrected chi connectivity index (χ1v) is 24.4. The van der Waals surface area contributed by atoms with Crippen molar-refractivity contribution < 1.29 is 48.6 Å². The number of fused-ring (bicyclic) bond motifs is 5. The van der Waals surface area contributed by atoms with Crippen molar-refractivity contribution in [1.82, 2.24) is 31.6 Å². The van der Waals surface area contributed by atoms with E-state index in [4.69, 9.17) is 0 Å². The molecule has 65 heavy (non-hydrogen) atoms. The van der Waals surface area contributed by atoms with Gasteiger partial charge in [0.2, 0.25) is 23.6 Å². The van der Waals surface area contributed by atoms with Gasteiger partial charge in [-0.15, -0.1) is 11.8 Å². The van der Waals surface area contributed by atoms with Gasteiger partial charge in [0.25, 0.3) is 0 Å². The number of aliphatic hydroxyl groups is 2. The average molecular weight is 923 g/mol. The molecular weight excluding hydrogens is 853 g/mol. The number of aromatic nitrogens is 1. The molecule has 3 aliphatic rings. The third-order valence-corrected chi connectivity index (χ3v) is 14.4. The third kappa shape index (κ3) is 14.5. The molecule has 3 heterocycles. The number of para-hydroxylation sites is 1. The summed E-state index contributed by atoms with van der Waals surface area (Å²) in [7, 11) is 0. The highest BCUT2D eigenvalue weighted by molar-refractivity contribution is 7.99. The lowest BCUT2D eigenvalue weighted by atomic mass is 9.81. The van der Waals surface area contributed by atoms with Crippen LogP contribution in [0.15, 0.2) is 29.3 Å². The number of hydrogen-bond donors (Lipinski definition) is 8. The second-order valence-electron chi connectivity index (χ2n) is 19.3. The lowest BCUT2D eigenvalue weighted by Crippen LogP contribution is -2.55. The summed E-state index contributed by atoms with van der Waals surface area (Å²) in [6.07, 6.45) is 2.90. The van der Waals surface area contributed by atoms with E-state index in [1.807, 2.05) is 38.1 Å². The van der Waals surface area contributed by atoms with Gasteiger partial charge in [-0.2, -0.15) is 0 Å². The smallest absolute Gasteiger partial charge is 0.242 e. The predicted octanol–water partition coefficient (Wildman–Crippen LogP) is 3.23. The maximum Gasteiger partial charge on any atom is 0.242 e. The van der Waals surface area contributed by atoms with Crippen molar-refractivity contribution in [1.29, 1.82) is 0 Å². The van der Waals surface area contributed by atoms with E-state index in [0.717, 1.165) is 35.9 Å². The number of Topliss-reactive ketones (excluding diaryl/α,β-unsaturated/α-hetero) is 4. The molecule has 358 valence electrons. The third-order valence-electron chi connectivity index (χ3n) is 13.1. The summed E-state index contributed by atoms with van der Waals surface area (Å²) in [5, 5.41) is 37.1. The van der Waals surface area contributed by atoms with Gasteiger partial charge in [0, 0.05) is 79.2 Å². The van der Waals surface area contributed by atoms with Crippen LogP contribution in [0, 0.1) is 29.1 Å². The Labute approximate surface area is 386 Å². The van der Waals surface area contributed by atoms with Crippen LogP contribution in [-0.4, -0.2) is 118 Å². The molecule has 4 amide bonds. The molecule has 9 unspecified atom stereocenters. The van der Waals surface area contributed by atoms with Gasteiger partial charge >= 0.3 is 0 Å². The first-order chi connectivity index (χ1) is 30.9. The Morgan fingerprint density at radius 1 is 0.738 bits per heavy atom. The molecule has 2 aliphatic heterocycles. The van der Waals surface area contributed by atoms with Gasteiger partial charge in [0.1, 0.15) is 35.5 Å². The highest BCUT2D eigenvalue weighted by Crippen LogP contribution is 2.38. The number of thioether (sulfide) groups is 1. The van der Waals surface area contributed by atoms with Crippen LogP contribution in [-0.2, 0) is 44.8 Å². The molecule has 0 radical (unpaired) electrons. The van der Waals surface area contributed by atoms with Crippen molar-refractivity contribution >= 4 is 69.4 Å². The van der Waals surface area contributed by atoms with Gasteiger partial charge in [0.05, 0.1) is 17.0 Å². The Morgan fingerprint density at radius 2 is 1.42 bits per heavy atom. The minimum absolute atomic E-state index is 0.0311. The molecule has 0 spiro atoms. The minimum Gasteiger partial charge on any atom is -0.396 e. The molecule has 1 fully saturated rings. The summed E-state index contributed by atoms with van der Waals surface area (Å²) < 4.78 is 0. The fraction of sp³-hybridized carbons (Fsp3) is 0.667. The van der Waals surface area contributed by atoms with Crippen molar-refractivity contribution in [2.75, 3.05) is 25.4 Å². The predicted molar refractivity (Wildman–Crippen MR) is 247 cm³/mol. The van der Waals surface area contributed by atoms with E-state index in [1.54, 1.807) is 0 Å². The zero-order chi connectivity index (χ0) is 47.4. The van der Waals surface area contributed by atoms with E-state index in [9.17, 15) is 48.6 Å². The molecule has 16 nitrogen and oxygen atoms in total. The molecule has 9 atom stereocenters. The summed E-state index contributed by atoms with van der Waals surface area (Å²) in [6, 6.07) is 3.50. The zero-order valence-corrected chi connectivity index (χ0v) is 39.4. The van der Waals surface area contributed by atoms with Crippen LogP contribution >= 0.6 is 11.8 Å². The van der Waals surface area contributed by atoms with Crippen molar-refractivity contribution in [2.24, 2.45) is 29.1 Å². The molecule has 17 heteroatoms. The first-order valence-electron chi connectivity index (χ1n) is 23.4. The second kappa shape index (κ2) is 23.8. The van der Waals surface area contributed by atoms with Crippen LogP contribution in [0.2, 0.25) is 0 Å². The van der Waals surface area contributed by atoms with Crippen LogP contribution in [0.1, 0.15) is 117 Å². The first kappa shape index (κ1) is 51.5. The average Bonchev–Trinajstić information content (AvgIpc) is 3.83. The Hall–Kier alpha value is -4.45. The molecule has 0 saturated heterocycles. The van der Waals surface area contributed by atoms with Crippen LogP contribution in [0.3, 0.4) is 0 Å².